The van der Waals surface area contributed by atoms with Crippen LogP contribution in [-0.4, -0.2) is 50.9 Å². The van der Waals surface area contributed by atoms with Crippen LogP contribution >= 0.6 is 39.1 Å². The summed E-state index contributed by atoms with van der Waals surface area (Å²) in [5.74, 6) is -0.892. The summed E-state index contributed by atoms with van der Waals surface area (Å²) in [7, 11) is -2.89. The fraction of sp³-hybridized carbons (Fsp3) is 0.200. The van der Waals surface area contributed by atoms with Crippen molar-refractivity contribution in [2.75, 3.05) is 25.1 Å². The number of methoxy groups -OCH3 is 1. The van der Waals surface area contributed by atoms with Crippen molar-refractivity contribution in [2.45, 2.75) is 17.5 Å². The van der Waals surface area contributed by atoms with Gasteiger partial charge >= 0.3 is 5.97 Å². The molecule has 8 nitrogen and oxygen atoms in total. The maximum absolute atomic E-state index is 13.7. The van der Waals surface area contributed by atoms with E-state index in [1.54, 1.807) is 54.6 Å². The van der Waals surface area contributed by atoms with E-state index in [1.165, 1.54) is 24.1 Å². The Morgan fingerprint density at radius 2 is 1.78 bits per heavy atom. The van der Waals surface area contributed by atoms with Crippen molar-refractivity contribution in [1.82, 2.24) is 4.31 Å². The largest absolute Gasteiger partial charge is 0.475 e. The Bertz CT molecular complexity index is 1440. The van der Waals surface area contributed by atoms with Crippen LogP contribution in [0.1, 0.15) is 5.56 Å². The van der Waals surface area contributed by atoms with Crippen molar-refractivity contribution in [3.8, 4) is 5.75 Å². The van der Waals surface area contributed by atoms with E-state index < -0.39 is 34.5 Å². The van der Waals surface area contributed by atoms with Crippen LogP contribution in [0, 0.1) is 0 Å². The number of fused-ring (bicyclic) bond motifs is 1. The van der Waals surface area contributed by atoms with E-state index in [2.05, 4.69) is 15.9 Å². The van der Waals surface area contributed by atoms with E-state index in [0.29, 0.717) is 26.5 Å². The first kappa shape index (κ1) is 27.4. The molecule has 0 radical (unpaired) electrons. The number of amides is 1. The number of sulfonamides is 1. The molecule has 0 saturated heterocycles. The lowest BCUT2D eigenvalue weighted by atomic mass is 10.2. The summed E-state index contributed by atoms with van der Waals surface area (Å²) in [6.45, 7) is -0.796. The minimum atomic E-state index is -4.12. The summed E-state index contributed by atoms with van der Waals surface area (Å²) in [6.07, 6.45) is -1.06. The van der Waals surface area contributed by atoms with E-state index in [-0.39, 0.29) is 23.0 Å². The molecular weight excluding hydrogens is 607 g/mol. The van der Waals surface area contributed by atoms with Gasteiger partial charge in [0, 0.05) is 11.0 Å². The molecule has 0 aliphatic carbocycles. The Morgan fingerprint density at radius 3 is 2.46 bits per heavy atom. The predicted octanol–water partition coefficient (Wildman–Crippen LogP) is 4.91. The summed E-state index contributed by atoms with van der Waals surface area (Å²) in [6, 6.07) is 17.6. The minimum Gasteiger partial charge on any atom is -0.475 e. The number of anilines is 1. The first-order valence-electron chi connectivity index (χ1n) is 10.9. The number of ether oxygens (including phenoxy) is 2. The fourth-order valence-electron chi connectivity index (χ4n) is 3.78. The maximum Gasteiger partial charge on any atom is 0.348 e. The molecule has 12 heteroatoms. The second-order valence-electron chi connectivity index (χ2n) is 8.08. The van der Waals surface area contributed by atoms with E-state index in [1.807, 2.05) is 0 Å². The Hall–Kier alpha value is -2.63. The molecule has 194 valence electrons. The molecule has 0 bridgehead atoms. The smallest absolute Gasteiger partial charge is 0.348 e. The van der Waals surface area contributed by atoms with Gasteiger partial charge < -0.3 is 14.4 Å². The van der Waals surface area contributed by atoms with Gasteiger partial charge in [0.15, 0.2) is 0 Å². The third-order valence-corrected chi connectivity index (χ3v) is 8.72. The Labute approximate surface area is 232 Å². The van der Waals surface area contributed by atoms with E-state index in [0.717, 1.165) is 4.31 Å². The van der Waals surface area contributed by atoms with E-state index >= 15 is 0 Å². The molecule has 0 aromatic heterocycles. The van der Waals surface area contributed by atoms with Crippen molar-refractivity contribution >= 4 is 66.7 Å². The highest BCUT2D eigenvalue weighted by Crippen LogP contribution is 2.34. The SMILES string of the molecule is COC(=O)[C@H]1CN(C(=O)CN(Cc2ccc(Cl)c(Cl)c2)S(=O)(=O)c2ccc(Br)cc2)c2ccccc2O1. The predicted molar refractivity (Wildman–Crippen MR) is 143 cm³/mol. The maximum atomic E-state index is 13.7. The van der Waals surface area contributed by atoms with E-state index in [9.17, 15) is 18.0 Å². The number of esters is 1. The summed E-state index contributed by atoms with van der Waals surface area (Å²) in [4.78, 5) is 27.2. The molecule has 3 aromatic rings. The van der Waals surface area contributed by atoms with Crippen molar-refractivity contribution in [2.24, 2.45) is 0 Å². The summed E-state index contributed by atoms with van der Waals surface area (Å²) >= 11 is 15.5. The second-order valence-corrected chi connectivity index (χ2v) is 11.7. The number of carbonyl (C=O) groups is 2. The molecule has 0 unspecified atom stereocenters. The topological polar surface area (TPSA) is 93.2 Å². The molecule has 0 spiro atoms. The number of hydrogen-bond acceptors (Lipinski definition) is 6. The molecule has 37 heavy (non-hydrogen) atoms. The van der Waals surface area contributed by atoms with Crippen LogP contribution in [0.4, 0.5) is 5.69 Å². The standard InChI is InChI=1S/C25H21BrCl2N2O6S/c1-35-25(32)23-14-30(21-4-2-3-5-22(21)36-23)24(31)15-29(13-16-6-11-19(27)20(28)12-16)37(33,34)18-9-7-17(26)8-10-18/h2-12,23H,13-15H2,1H3/t23-/m1/s1. The van der Waals surface area contributed by atoms with Crippen LogP contribution in [-0.2, 0) is 30.9 Å². The van der Waals surface area contributed by atoms with Crippen LogP contribution in [0.15, 0.2) is 76.1 Å². The number of halogens is 3. The van der Waals surface area contributed by atoms with Gasteiger partial charge in [0.25, 0.3) is 0 Å². The molecule has 1 atom stereocenters. The zero-order chi connectivity index (χ0) is 26.7. The van der Waals surface area contributed by atoms with Crippen LogP contribution in [0.5, 0.6) is 5.75 Å². The van der Waals surface area contributed by atoms with Crippen molar-refractivity contribution < 1.29 is 27.5 Å². The average molecular weight is 628 g/mol. The van der Waals surface area contributed by atoms with Crippen molar-refractivity contribution in [3.63, 3.8) is 0 Å². The van der Waals surface area contributed by atoms with E-state index in [4.69, 9.17) is 32.7 Å². The summed E-state index contributed by atoms with van der Waals surface area (Å²) in [5.41, 5.74) is 0.959. The Morgan fingerprint density at radius 1 is 1.08 bits per heavy atom. The number of rotatable bonds is 7. The van der Waals surface area contributed by atoms with Gasteiger partial charge in [-0.3, -0.25) is 4.79 Å². The lowest BCUT2D eigenvalue weighted by molar-refractivity contribution is -0.148. The fourth-order valence-corrected chi connectivity index (χ4v) is 5.75. The van der Waals surface area contributed by atoms with Crippen molar-refractivity contribution in [1.29, 1.82) is 0 Å². The van der Waals surface area contributed by atoms with Gasteiger partial charge in [-0.2, -0.15) is 4.31 Å². The zero-order valence-corrected chi connectivity index (χ0v) is 23.3. The molecule has 1 aliphatic heterocycles. The van der Waals surface area contributed by atoms with Crippen LogP contribution in [0.3, 0.4) is 0 Å². The molecule has 1 aliphatic rings. The molecule has 1 amide bonds. The number of para-hydroxylation sites is 2. The number of benzene rings is 3. The van der Waals surface area contributed by atoms with Gasteiger partial charge in [-0.05, 0) is 54.1 Å². The minimum absolute atomic E-state index is 0.0124. The van der Waals surface area contributed by atoms with Gasteiger partial charge in [-0.15, -0.1) is 0 Å². The van der Waals surface area contributed by atoms with Gasteiger partial charge in [-0.25, -0.2) is 13.2 Å². The molecule has 4 rings (SSSR count). The molecule has 1 heterocycles. The quantitative estimate of drug-likeness (QED) is 0.346. The lowest BCUT2D eigenvalue weighted by Gasteiger charge is -2.34. The second kappa shape index (κ2) is 11.4. The number of carbonyl (C=O) groups excluding carboxylic acids is 2. The van der Waals surface area contributed by atoms with Crippen LogP contribution in [0.25, 0.3) is 0 Å². The lowest BCUT2D eigenvalue weighted by Crippen LogP contribution is -2.50. The third kappa shape index (κ3) is 6.10. The van der Waals surface area contributed by atoms with Gasteiger partial charge in [0.05, 0.1) is 40.8 Å². The first-order chi connectivity index (χ1) is 17.6. The van der Waals surface area contributed by atoms with Crippen molar-refractivity contribution in [3.05, 3.63) is 86.8 Å². The highest BCUT2D eigenvalue weighted by atomic mass is 79.9. The van der Waals surface area contributed by atoms with Crippen LogP contribution in [0.2, 0.25) is 10.0 Å². The molecule has 0 saturated carbocycles. The first-order valence-corrected chi connectivity index (χ1v) is 13.9. The highest BCUT2D eigenvalue weighted by Gasteiger charge is 2.36. The van der Waals surface area contributed by atoms with Crippen LogP contribution < -0.4 is 9.64 Å². The highest BCUT2D eigenvalue weighted by molar-refractivity contribution is 9.10. The molecule has 0 fully saturated rings. The monoisotopic (exact) mass is 626 g/mol. The van der Waals surface area contributed by atoms with Gasteiger partial charge in [0.2, 0.25) is 22.0 Å². The Balaban J connectivity index is 1.70. The number of nitrogens with zero attached hydrogens (tertiary/aromatic N) is 2. The third-order valence-electron chi connectivity index (χ3n) is 5.64. The normalized spacial score (nSPS) is 15.2. The molecular formula is C25H21BrCl2N2O6S. The van der Waals surface area contributed by atoms with Gasteiger partial charge in [0.1, 0.15) is 5.75 Å². The summed E-state index contributed by atoms with van der Waals surface area (Å²) < 4.78 is 39.6. The Kier molecular flexibility index (Phi) is 8.45. The molecule has 0 N–H and O–H groups in total. The summed E-state index contributed by atoms with van der Waals surface area (Å²) in [5, 5.41) is 0.581. The van der Waals surface area contributed by atoms with Gasteiger partial charge in [-0.1, -0.05) is 57.3 Å². The molecule has 3 aromatic carbocycles. The zero-order valence-electron chi connectivity index (χ0n) is 19.4. The average Bonchev–Trinajstić information content (AvgIpc) is 2.89. The number of hydrogen-bond donors (Lipinski definition) is 0.